The number of ether oxygens (including phenoxy) is 1. The molecule has 0 radical (unpaired) electrons. The topological polar surface area (TPSA) is 83.8 Å². The van der Waals surface area contributed by atoms with Crippen molar-refractivity contribution in [3.05, 3.63) is 48.0 Å². The molecule has 0 atom stereocenters. The van der Waals surface area contributed by atoms with Gasteiger partial charge in [0.15, 0.2) is 11.5 Å². The molecule has 2 aromatic carbocycles. The highest BCUT2D eigenvalue weighted by atomic mass is 32.2. The number of aryl methyl sites for hydroxylation is 1. The molecule has 0 amide bonds. The molecule has 6 heteroatoms. The largest absolute Gasteiger partial charge is 0.504 e. The minimum atomic E-state index is -4.28. The first-order valence-electron chi connectivity index (χ1n) is 9.98. The minimum Gasteiger partial charge on any atom is -0.504 e. The second-order valence-corrected chi connectivity index (χ2v) is 8.46. The first-order valence-corrected chi connectivity index (χ1v) is 11.4. The Bertz CT molecular complexity index is 846. The lowest BCUT2D eigenvalue weighted by atomic mass is 10.0. The number of hydrogen-bond acceptors (Lipinski definition) is 4. The van der Waals surface area contributed by atoms with Crippen LogP contribution in [0.15, 0.2) is 47.4 Å². The van der Waals surface area contributed by atoms with Gasteiger partial charge in [-0.05, 0) is 48.7 Å². The lowest BCUT2D eigenvalue weighted by Crippen LogP contribution is -2.01. The second kappa shape index (κ2) is 11.1. The number of phenols is 1. The van der Waals surface area contributed by atoms with Crippen LogP contribution in [-0.2, 0) is 16.5 Å². The van der Waals surface area contributed by atoms with Crippen LogP contribution in [0.3, 0.4) is 0 Å². The van der Waals surface area contributed by atoms with E-state index < -0.39 is 10.1 Å². The van der Waals surface area contributed by atoms with Gasteiger partial charge in [0, 0.05) is 0 Å². The summed E-state index contributed by atoms with van der Waals surface area (Å²) in [6, 6.07) is 10.9. The van der Waals surface area contributed by atoms with Crippen LogP contribution in [0.2, 0.25) is 0 Å². The predicted octanol–water partition coefficient (Wildman–Crippen LogP) is 6.11. The lowest BCUT2D eigenvalue weighted by molar-refractivity contribution is 0.408. The fraction of sp³-hybridized carbons (Fsp3) is 0.455. The molecular weight excluding hydrogens is 376 g/mol. The van der Waals surface area contributed by atoms with Gasteiger partial charge < -0.3 is 9.84 Å². The van der Waals surface area contributed by atoms with E-state index in [1.165, 1.54) is 56.4 Å². The first kappa shape index (κ1) is 22.2. The molecule has 0 aliphatic rings. The highest BCUT2D eigenvalue weighted by Gasteiger charge is 2.15. The minimum absolute atomic E-state index is 0.0133. The van der Waals surface area contributed by atoms with Crippen LogP contribution in [0, 0.1) is 0 Å². The Kier molecular flexibility index (Phi) is 8.80. The third-order valence-electron chi connectivity index (χ3n) is 4.71. The first-order chi connectivity index (χ1) is 13.4. The van der Waals surface area contributed by atoms with Gasteiger partial charge in [-0.1, -0.05) is 64.0 Å². The van der Waals surface area contributed by atoms with Crippen LogP contribution >= 0.6 is 0 Å². The molecule has 2 aromatic rings. The van der Waals surface area contributed by atoms with Crippen LogP contribution in [0.4, 0.5) is 0 Å². The zero-order chi connectivity index (χ0) is 20.4. The van der Waals surface area contributed by atoms with Crippen molar-refractivity contribution in [1.82, 2.24) is 0 Å². The van der Waals surface area contributed by atoms with Crippen LogP contribution in [-0.4, -0.2) is 18.1 Å². The average molecular weight is 407 g/mol. The van der Waals surface area contributed by atoms with E-state index in [4.69, 9.17) is 4.74 Å². The van der Waals surface area contributed by atoms with Crippen LogP contribution < -0.4 is 4.74 Å². The van der Waals surface area contributed by atoms with Crippen molar-refractivity contribution in [2.45, 2.75) is 69.6 Å². The number of phenolic OH excluding ortho intramolecular Hbond substituents is 1. The molecule has 0 saturated heterocycles. The second-order valence-electron chi connectivity index (χ2n) is 7.04. The van der Waals surface area contributed by atoms with E-state index in [0.29, 0.717) is 23.5 Å². The van der Waals surface area contributed by atoms with Crippen molar-refractivity contribution in [3.8, 4) is 17.2 Å². The quantitative estimate of drug-likeness (QED) is 0.328. The monoisotopic (exact) mass is 406 g/mol. The summed E-state index contributed by atoms with van der Waals surface area (Å²) >= 11 is 0. The van der Waals surface area contributed by atoms with Gasteiger partial charge in [0.05, 0.1) is 4.90 Å². The smallest absolute Gasteiger partial charge is 0.294 e. The molecule has 2 N–H and O–H groups in total. The van der Waals surface area contributed by atoms with Crippen LogP contribution in [0.5, 0.6) is 17.2 Å². The normalized spacial score (nSPS) is 11.5. The Balaban J connectivity index is 2.03. The number of unbranched alkanes of at least 4 members (excludes halogenated alkanes) is 7. The summed E-state index contributed by atoms with van der Waals surface area (Å²) in [6.07, 6.45) is 10.0. The molecule has 0 aliphatic carbocycles. The van der Waals surface area contributed by atoms with Crippen molar-refractivity contribution < 1.29 is 22.8 Å². The predicted molar refractivity (Wildman–Crippen MR) is 111 cm³/mol. The summed E-state index contributed by atoms with van der Waals surface area (Å²) in [4.78, 5) is -0.147. The summed E-state index contributed by atoms with van der Waals surface area (Å²) in [7, 11) is -4.28. The summed E-state index contributed by atoms with van der Waals surface area (Å²) < 4.78 is 38.1. The van der Waals surface area contributed by atoms with E-state index in [1.54, 1.807) is 18.2 Å². The number of benzene rings is 2. The van der Waals surface area contributed by atoms with Crippen molar-refractivity contribution in [2.24, 2.45) is 0 Å². The summed E-state index contributed by atoms with van der Waals surface area (Å²) in [5.74, 6) is 0.801. The highest BCUT2D eigenvalue weighted by Crippen LogP contribution is 2.33. The molecule has 0 unspecified atom stereocenters. The Hall–Kier alpha value is -2.05. The fourth-order valence-corrected chi connectivity index (χ4v) is 3.65. The molecule has 0 aromatic heterocycles. The Morgan fingerprint density at radius 1 is 0.857 bits per heavy atom. The average Bonchev–Trinajstić information content (AvgIpc) is 2.66. The highest BCUT2D eigenvalue weighted by molar-refractivity contribution is 7.85. The van der Waals surface area contributed by atoms with Crippen molar-refractivity contribution in [2.75, 3.05) is 0 Å². The molecule has 0 heterocycles. The van der Waals surface area contributed by atoms with Crippen molar-refractivity contribution >= 4 is 10.1 Å². The number of para-hydroxylation sites is 2. The van der Waals surface area contributed by atoms with Gasteiger partial charge in [0.1, 0.15) is 5.75 Å². The standard InChI is InChI=1S/C22H30O5S/c1-2-3-4-5-6-7-8-9-12-18-17-19(28(24,25)26)15-16-21(18)27-22-14-11-10-13-20(22)23/h10-11,13-17,23H,2-9,12H2,1H3,(H,24,25,26). The van der Waals surface area contributed by atoms with Gasteiger partial charge in [0.2, 0.25) is 0 Å². The molecule has 5 nitrogen and oxygen atoms in total. The van der Waals surface area contributed by atoms with Crippen LogP contribution in [0.25, 0.3) is 0 Å². The number of hydrogen-bond donors (Lipinski definition) is 2. The number of aromatic hydroxyl groups is 1. The van der Waals surface area contributed by atoms with E-state index in [0.717, 1.165) is 19.3 Å². The summed E-state index contributed by atoms with van der Waals surface area (Å²) in [6.45, 7) is 2.20. The maximum Gasteiger partial charge on any atom is 0.294 e. The lowest BCUT2D eigenvalue weighted by Gasteiger charge is -2.13. The van der Waals surface area contributed by atoms with Crippen molar-refractivity contribution in [3.63, 3.8) is 0 Å². The SMILES string of the molecule is CCCCCCCCCCc1cc(S(=O)(=O)O)ccc1Oc1ccccc1O. The van der Waals surface area contributed by atoms with Gasteiger partial charge in [-0.25, -0.2) is 0 Å². The molecule has 0 spiro atoms. The molecule has 0 fully saturated rings. The molecule has 0 aliphatic heterocycles. The Labute approximate surface area is 168 Å². The summed E-state index contributed by atoms with van der Waals surface area (Å²) in [5.41, 5.74) is 0.698. The van der Waals surface area contributed by atoms with Crippen molar-refractivity contribution in [1.29, 1.82) is 0 Å². The van der Waals surface area contributed by atoms with Gasteiger partial charge in [-0.15, -0.1) is 0 Å². The van der Waals surface area contributed by atoms with E-state index in [1.807, 2.05) is 0 Å². The third kappa shape index (κ3) is 7.17. The summed E-state index contributed by atoms with van der Waals surface area (Å²) in [5, 5.41) is 9.92. The molecule has 0 bridgehead atoms. The molecule has 2 rings (SSSR count). The third-order valence-corrected chi connectivity index (χ3v) is 5.56. The van der Waals surface area contributed by atoms with E-state index in [9.17, 15) is 18.1 Å². The zero-order valence-electron chi connectivity index (χ0n) is 16.4. The van der Waals surface area contributed by atoms with Gasteiger partial charge >= 0.3 is 0 Å². The van der Waals surface area contributed by atoms with E-state index >= 15 is 0 Å². The molecule has 28 heavy (non-hydrogen) atoms. The molecular formula is C22H30O5S. The maximum atomic E-state index is 11.5. The Morgan fingerprint density at radius 3 is 2.14 bits per heavy atom. The Morgan fingerprint density at radius 2 is 1.50 bits per heavy atom. The van der Waals surface area contributed by atoms with E-state index in [-0.39, 0.29) is 10.6 Å². The number of rotatable bonds is 12. The molecule has 0 saturated carbocycles. The van der Waals surface area contributed by atoms with Gasteiger partial charge in [-0.3, -0.25) is 4.55 Å². The van der Waals surface area contributed by atoms with Gasteiger partial charge in [0.25, 0.3) is 10.1 Å². The van der Waals surface area contributed by atoms with Gasteiger partial charge in [-0.2, -0.15) is 8.42 Å². The van der Waals surface area contributed by atoms with Crippen LogP contribution in [0.1, 0.15) is 63.9 Å². The fourth-order valence-electron chi connectivity index (χ4n) is 3.12. The maximum absolute atomic E-state index is 11.5. The molecule has 154 valence electrons. The zero-order valence-corrected chi connectivity index (χ0v) is 17.2. The van der Waals surface area contributed by atoms with E-state index in [2.05, 4.69) is 6.92 Å².